The number of nitrogens with one attached hydrogen (secondary N) is 1. The number of hydrogen-bond donors (Lipinski definition) is 2. The van der Waals surface area contributed by atoms with E-state index in [-0.39, 0.29) is 6.61 Å². The summed E-state index contributed by atoms with van der Waals surface area (Å²) >= 11 is 0. The van der Waals surface area contributed by atoms with E-state index in [0.29, 0.717) is 11.4 Å². The van der Waals surface area contributed by atoms with E-state index in [4.69, 9.17) is 5.11 Å². The molecule has 27 heavy (non-hydrogen) atoms. The number of pyridine rings is 1. The lowest BCUT2D eigenvalue weighted by Crippen LogP contribution is -2.47. The van der Waals surface area contributed by atoms with Crippen LogP contribution in [-0.2, 0) is 0 Å². The molecule has 1 saturated heterocycles. The lowest BCUT2D eigenvalue weighted by Gasteiger charge is -2.34. The summed E-state index contributed by atoms with van der Waals surface area (Å²) < 4.78 is 0. The van der Waals surface area contributed by atoms with Crippen LogP contribution in [0.2, 0.25) is 0 Å². The van der Waals surface area contributed by atoms with Gasteiger partial charge in [0.15, 0.2) is 0 Å². The summed E-state index contributed by atoms with van der Waals surface area (Å²) in [6, 6.07) is 14.1. The van der Waals surface area contributed by atoms with Crippen LogP contribution < -0.4 is 5.32 Å². The standard InChI is InChI=1S/C21H27N5O/c22-16-19-15-20(18-5-2-1-3-6-18)17-24-21(19)23-7-4-8-25-9-11-26(12-10-25)13-14-27/h1-3,5-6,15,17,27H,4,7-14H2,(H,23,24). The lowest BCUT2D eigenvalue weighted by molar-refractivity contribution is 0.112. The van der Waals surface area contributed by atoms with Crippen molar-refractivity contribution in [3.8, 4) is 17.2 Å². The number of β-amino-alcohol motifs (C(OH)–C–C–N with tert-alkyl or cyclic N) is 1. The summed E-state index contributed by atoms with van der Waals surface area (Å²) in [6.07, 6.45) is 2.83. The third kappa shape index (κ3) is 5.51. The minimum absolute atomic E-state index is 0.237. The van der Waals surface area contributed by atoms with Gasteiger partial charge in [0.05, 0.1) is 12.2 Å². The Hall–Kier alpha value is -2.46. The molecule has 0 spiro atoms. The van der Waals surface area contributed by atoms with Crippen molar-refractivity contribution in [2.75, 3.05) is 57.7 Å². The summed E-state index contributed by atoms with van der Waals surface area (Å²) in [5, 5.41) is 21.8. The number of aromatic nitrogens is 1. The Morgan fingerprint density at radius 3 is 2.41 bits per heavy atom. The monoisotopic (exact) mass is 365 g/mol. The molecule has 2 heterocycles. The summed E-state index contributed by atoms with van der Waals surface area (Å²) in [4.78, 5) is 9.21. The Morgan fingerprint density at radius 1 is 1.04 bits per heavy atom. The fourth-order valence-electron chi connectivity index (χ4n) is 3.37. The topological polar surface area (TPSA) is 75.4 Å². The number of piperazine rings is 1. The first-order chi connectivity index (χ1) is 13.3. The number of hydrogen-bond acceptors (Lipinski definition) is 6. The third-order valence-corrected chi connectivity index (χ3v) is 4.94. The van der Waals surface area contributed by atoms with E-state index in [1.54, 1.807) is 0 Å². The van der Waals surface area contributed by atoms with Crippen LogP contribution in [0, 0.1) is 11.3 Å². The van der Waals surface area contributed by atoms with Crippen LogP contribution in [0.4, 0.5) is 5.82 Å². The molecule has 1 aromatic heterocycles. The lowest BCUT2D eigenvalue weighted by atomic mass is 10.1. The van der Waals surface area contributed by atoms with E-state index in [9.17, 15) is 5.26 Å². The number of aliphatic hydroxyl groups is 1. The van der Waals surface area contributed by atoms with Crippen molar-refractivity contribution in [2.24, 2.45) is 0 Å². The van der Waals surface area contributed by atoms with Gasteiger partial charge < -0.3 is 15.3 Å². The van der Waals surface area contributed by atoms with Gasteiger partial charge in [-0.1, -0.05) is 30.3 Å². The number of rotatable bonds is 8. The van der Waals surface area contributed by atoms with E-state index < -0.39 is 0 Å². The minimum atomic E-state index is 0.237. The van der Waals surface area contributed by atoms with Crippen LogP contribution in [0.1, 0.15) is 12.0 Å². The summed E-state index contributed by atoms with van der Waals surface area (Å²) in [6.45, 7) is 6.98. The maximum absolute atomic E-state index is 9.46. The van der Waals surface area contributed by atoms with Gasteiger partial charge in [0.25, 0.3) is 0 Å². The smallest absolute Gasteiger partial charge is 0.143 e. The average molecular weight is 365 g/mol. The number of aliphatic hydroxyl groups excluding tert-OH is 1. The normalized spacial score (nSPS) is 15.4. The maximum atomic E-state index is 9.46. The highest BCUT2D eigenvalue weighted by atomic mass is 16.3. The number of anilines is 1. The minimum Gasteiger partial charge on any atom is -0.395 e. The molecule has 0 radical (unpaired) electrons. The second-order valence-corrected chi connectivity index (χ2v) is 6.79. The summed E-state index contributed by atoms with van der Waals surface area (Å²) in [7, 11) is 0. The molecule has 0 bridgehead atoms. The van der Waals surface area contributed by atoms with E-state index in [2.05, 4.69) is 26.2 Å². The number of benzene rings is 1. The molecular formula is C21H27N5O. The van der Waals surface area contributed by atoms with Gasteiger partial charge in [0, 0.05) is 51.0 Å². The molecular weight excluding hydrogens is 338 g/mol. The molecule has 3 rings (SSSR count). The van der Waals surface area contributed by atoms with Crippen molar-refractivity contribution in [1.82, 2.24) is 14.8 Å². The van der Waals surface area contributed by atoms with Gasteiger partial charge in [0.1, 0.15) is 11.9 Å². The SMILES string of the molecule is N#Cc1cc(-c2ccccc2)cnc1NCCCN1CCN(CCO)CC1. The van der Waals surface area contributed by atoms with Crippen LogP contribution in [0.25, 0.3) is 11.1 Å². The molecule has 0 amide bonds. The van der Waals surface area contributed by atoms with Crippen molar-refractivity contribution in [1.29, 1.82) is 5.26 Å². The molecule has 6 heteroatoms. The van der Waals surface area contributed by atoms with Crippen LogP contribution in [-0.4, -0.2) is 72.3 Å². The second-order valence-electron chi connectivity index (χ2n) is 6.79. The molecule has 0 atom stereocenters. The quantitative estimate of drug-likeness (QED) is 0.697. The van der Waals surface area contributed by atoms with Crippen LogP contribution >= 0.6 is 0 Å². The summed E-state index contributed by atoms with van der Waals surface area (Å²) in [5.74, 6) is 0.657. The molecule has 2 N–H and O–H groups in total. The first-order valence-electron chi connectivity index (χ1n) is 9.55. The second kappa shape index (κ2) is 10.0. The van der Waals surface area contributed by atoms with Gasteiger partial charge in [-0.25, -0.2) is 4.98 Å². The zero-order valence-corrected chi connectivity index (χ0v) is 15.6. The molecule has 0 unspecified atom stereocenters. The van der Waals surface area contributed by atoms with E-state index >= 15 is 0 Å². The Labute approximate surface area is 161 Å². The molecule has 1 fully saturated rings. The molecule has 1 aromatic carbocycles. The highest BCUT2D eigenvalue weighted by Gasteiger charge is 2.15. The summed E-state index contributed by atoms with van der Waals surface area (Å²) in [5.41, 5.74) is 2.60. The van der Waals surface area contributed by atoms with Gasteiger partial charge in [0.2, 0.25) is 0 Å². The average Bonchev–Trinajstić information content (AvgIpc) is 2.73. The van der Waals surface area contributed by atoms with Crippen LogP contribution in [0.3, 0.4) is 0 Å². The van der Waals surface area contributed by atoms with Crippen molar-refractivity contribution in [3.63, 3.8) is 0 Å². The predicted octanol–water partition coefficient (Wildman–Crippen LogP) is 2.03. The predicted molar refractivity (Wildman–Crippen MR) is 107 cm³/mol. The first-order valence-corrected chi connectivity index (χ1v) is 9.55. The van der Waals surface area contributed by atoms with Gasteiger partial charge in [-0.15, -0.1) is 0 Å². The van der Waals surface area contributed by atoms with E-state index in [0.717, 1.165) is 63.4 Å². The molecule has 142 valence electrons. The van der Waals surface area contributed by atoms with E-state index in [1.165, 1.54) is 0 Å². The largest absolute Gasteiger partial charge is 0.395 e. The van der Waals surface area contributed by atoms with Crippen LogP contribution in [0.5, 0.6) is 0 Å². The zero-order chi connectivity index (χ0) is 18.9. The molecule has 6 nitrogen and oxygen atoms in total. The number of nitriles is 1. The maximum Gasteiger partial charge on any atom is 0.143 e. The van der Waals surface area contributed by atoms with Crippen molar-refractivity contribution in [2.45, 2.75) is 6.42 Å². The highest BCUT2D eigenvalue weighted by molar-refractivity contribution is 5.67. The Kier molecular flexibility index (Phi) is 7.17. The van der Waals surface area contributed by atoms with E-state index in [1.807, 2.05) is 42.6 Å². The van der Waals surface area contributed by atoms with Gasteiger partial charge in [-0.3, -0.25) is 4.90 Å². The molecule has 1 aliphatic rings. The first kappa shape index (κ1) is 19.3. The Balaban J connectivity index is 1.47. The zero-order valence-electron chi connectivity index (χ0n) is 15.6. The third-order valence-electron chi connectivity index (χ3n) is 4.94. The van der Waals surface area contributed by atoms with Gasteiger partial charge in [-0.05, 0) is 24.6 Å². The molecule has 1 aliphatic heterocycles. The van der Waals surface area contributed by atoms with Crippen LogP contribution in [0.15, 0.2) is 42.6 Å². The highest BCUT2D eigenvalue weighted by Crippen LogP contribution is 2.22. The Bertz CT molecular complexity index is 751. The fraction of sp³-hybridized carbons (Fsp3) is 0.429. The van der Waals surface area contributed by atoms with Crippen molar-refractivity contribution >= 4 is 5.82 Å². The van der Waals surface area contributed by atoms with Crippen molar-refractivity contribution in [3.05, 3.63) is 48.2 Å². The number of nitrogens with zero attached hydrogens (tertiary/aromatic N) is 4. The molecule has 0 aliphatic carbocycles. The Morgan fingerprint density at radius 2 is 1.74 bits per heavy atom. The van der Waals surface area contributed by atoms with Gasteiger partial charge in [-0.2, -0.15) is 5.26 Å². The fourth-order valence-corrected chi connectivity index (χ4v) is 3.37. The molecule has 0 saturated carbocycles. The van der Waals surface area contributed by atoms with Gasteiger partial charge >= 0.3 is 0 Å². The van der Waals surface area contributed by atoms with Crippen molar-refractivity contribution < 1.29 is 5.11 Å². The molecule has 2 aromatic rings.